The Balaban J connectivity index is 1.74. The van der Waals surface area contributed by atoms with Gasteiger partial charge in [-0.1, -0.05) is 6.07 Å². The number of ether oxygens (including phenoxy) is 1. The van der Waals surface area contributed by atoms with Gasteiger partial charge < -0.3 is 14.3 Å². The zero-order valence-electron chi connectivity index (χ0n) is 16.3. The van der Waals surface area contributed by atoms with Crippen molar-refractivity contribution in [1.82, 2.24) is 19.7 Å². The van der Waals surface area contributed by atoms with E-state index in [1.54, 1.807) is 44.0 Å². The van der Waals surface area contributed by atoms with E-state index in [1.165, 1.54) is 10.6 Å². The van der Waals surface area contributed by atoms with Gasteiger partial charge in [0.25, 0.3) is 5.56 Å². The van der Waals surface area contributed by atoms with E-state index in [9.17, 15) is 13.6 Å². The molecule has 31 heavy (non-hydrogen) atoms. The van der Waals surface area contributed by atoms with Crippen molar-refractivity contribution in [3.05, 3.63) is 89.2 Å². The molecule has 0 aliphatic rings. The maximum absolute atomic E-state index is 14.3. The van der Waals surface area contributed by atoms with E-state index in [0.29, 0.717) is 27.8 Å². The number of pyridine rings is 1. The molecule has 3 aromatic heterocycles. The summed E-state index contributed by atoms with van der Waals surface area (Å²) in [7, 11) is 1.67. The van der Waals surface area contributed by atoms with Gasteiger partial charge in [-0.25, -0.2) is 8.78 Å². The van der Waals surface area contributed by atoms with Gasteiger partial charge in [0, 0.05) is 48.4 Å². The number of hydrogen-bond acceptors (Lipinski definition) is 3. The molecular formula is C23H16F2N4O2. The molecular weight excluding hydrogens is 402 g/mol. The van der Waals surface area contributed by atoms with Gasteiger partial charge in [0.1, 0.15) is 11.6 Å². The third-order valence-electron chi connectivity index (χ3n) is 5.10. The van der Waals surface area contributed by atoms with E-state index in [4.69, 9.17) is 4.74 Å². The smallest absolute Gasteiger partial charge is 0.259 e. The number of aryl methyl sites for hydroxylation is 1. The van der Waals surface area contributed by atoms with Crippen LogP contribution in [-0.4, -0.2) is 19.7 Å². The molecule has 0 fully saturated rings. The van der Waals surface area contributed by atoms with Crippen LogP contribution in [-0.2, 0) is 7.05 Å². The minimum absolute atomic E-state index is 0.105. The van der Waals surface area contributed by atoms with Crippen LogP contribution in [0.1, 0.15) is 0 Å². The van der Waals surface area contributed by atoms with E-state index in [1.807, 2.05) is 12.1 Å². The lowest BCUT2D eigenvalue weighted by Crippen LogP contribution is -2.16. The van der Waals surface area contributed by atoms with Gasteiger partial charge in [0.05, 0.1) is 17.1 Å². The molecule has 0 unspecified atom stereocenters. The number of nitrogens with zero attached hydrogens (tertiary/aromatic N) is 2. The zero-order chi connectivity index (χ0) is 21.5. The number of H-pyrrole nitrogens is 2. The Bertz CT molecular complexity index is 1470. The predicted molar refractivity (Wildman–Crippen MR) is 113 cm³/mol. The lowest BCUT2D eigenvalue weighted by Gasteiger charge is -2.15. The largest absolute Gasteiger partial charge is 0.454 e. The molecule has 0 bridgehead atoms. The molecule has 0 aliphatic heterocycles. The topological polar surface area (TPSA) is 75.7 Å². The van der Waals surface area contributed by atoms with Crippen molar-refractivity contribution >= 4 is 10.9 Å². The van der Waals surface area contributed by atoms with Crippen LogP contribution in [0.3, 0.4) is 0 Å². The molecule has 2 aromatic carbocycles. The van der Waals surface area contributed by atoms with Crippen molar-refractivity contribution in [2.75, 3.05) is 0 Å². The van der Waals surface area contributed by atoms with Crippen LogP contribution in [0.25, 0.3) is 33.2 Å². The van der Waals surface area contributed by atoms with Crippen LogP contribution in [0.15, 0.2) is 72.0 Å². The molecule has 8 heteroatoms. The van der Waals surface area contributed by atoms with E-state index < -0.39 is 11.6 Å². The fourth-order valence-electron chi connectivity index (χ4n) is 3.58. The maximum Gasteiger partial charge on any atom is 0.259 e. The number of benzene rings is 2. The van der Waals surface area contributed by atoms with Crippen molar-refractivity contribution < 1.29 is 13.5 Å². The zero-order valence-corrected chi connectivity index (χ0v) is 16.3. The fraction of sp³-hybridized carbons (Fsp3) is 0.0435. The average molecular weight is 418 g/mol. The van der Waals surface area contributed by atoms with E-state index in [0.717, 1.165) is 23.3 Å². The van der Waals surface area contributed by atoms with Crippen LogP contribution < -0.4 is 10.3 Å². The second-order valence-electron chi connectivity index (χ2n) is 7.10. The van der Waals surface area contributed by atoms with Gasteiger partial charge in [-0.3, -0.25) is 9.89 Å². The summed E-state index contributed by atoms with van der Waals surface area (Å²) >= 11 is 0. The van der Waals surface area contributed by atoms with E-state index >= 15 is 0 Å². The highest BCUT2D eigenvalue weighted by Gasteiger charge is 2.17. The monoisotopic (exact) mass is 418 g/mol. The Morgan fingerprint density at radius 1 is 1.00 bits per heavy atom. The van der Waals surface area contributed by atoms with Crippen LogP contribution in [0.5, 0.6) is 11.5 Å². The number of nitrogens with one attached hydrogen (secondary N) is 2. The van der Waals surface area contributed by atoms with Gasteiger partial charge in [0.15, 0.2) is 11.6 Å². The quantitative estimate of drug-likeness (QED) is 0.432. The van der Waals surface area contributed by atoms with Crippen molar-refractivity contribution in [2.45, 2.75) is 0 Å². The molecule has 0 saturated carbocycles. The molecule has 0 saturated heterocycles. The Labute approximate surface area is 174 Å². The molecule has 2 N–H and O–H groups in total. The normalized spacial score (nSPS) is 11.2. The van der Waals surface area contributed by atoms with Crippen LogP contribution >= 0.6 is 0 Å². The highest BCUT2D eigenvalue weighted by atomic mass is 19.1. The van der Waals surface area contributed by atoms with Gasteiger partial charge in [0.2, 0.25) is 0 Å². The lowest BCUT2D eigenvalue weighted by molar-refractivity contribution is 0.439. The van der Waals surface area contributed by atoms with Crippen LogP contribution in [0, 0.1) is 11.6 Å². The first-order valence-electron chi connectivity index (χ1n) is 9.44. The first-order valence-corrected chi connectivity index (χ1v) is 9.44. The Kier molecular flexibility index (Phi) is 4.39. The maximum atomic E-state index is 14.3. The van der Waals surface area contributed by atoms with Crippen molar-refractivity contribution in [1.29, 1.82) is 0 Å². The van der Waals surface area contributed by atoms with E-state index in [2.05, 4.69) is 15.2 Å². The Hall–Kier alpha value is -4.20. The average Bonchev–Trinajstić information content (AvgIpc) is 3.45. The summed E-state index contributed by atoms with van der Waals surface area (Å²) in [5.41, 5.74) is 3.53. The fourth-order valence-corrected chi connectivity index (χ4v) is 3.58. The van der Waals surface area contributed by atoms with Crippen molar-refractivity contribution in [3.63, 3.8) is 0 Å². The molecule has 5 rings (SSSR count). The third kappa shape index (κ3) is 3.28. The van der Waals surface area contributed by atoms with Crippen molar-refractivity contribution in [3.8, 4) is 33.8 Å². The highest BCUT2D eigenvalue weighted by Crippen LogP contribution is 2.39. The Morgan fingerprint density at radius 3 is 2.61 bits per heavy atom. The molecule has 0 spiro atoms. The summed E-state index contributed by atoms with van der Waals surface area (Å²) in [6.07, 6.45) is 6.83. The first-order chi connectivity index (χ1) is 15.0. The molecule has 0 aliphatic carbocycles. The summed E-state index contributed by atoms with van der Waals surface area (Å²) in [6, 6.07) is 10.3. The highest BCUT2D eigenvalue weighted by molar-refractivity contribution is 5.95. The molecule has 3 heterocycles. The van der Waals surface area contributed by atoms with Gasteiger partial charge in [-0.05, 0) is 35.9 Å². The lowest BCUT2D eigenvalue weighted by atomic mass is 9.99. The second kappa shape index (κ2) is 7.24. The first kappa shape index (κ1) is 18.8. The van der Waals surface area contributed by atoms with Gasteiger partial charge in [-0.15, -0.1) is 0 Å². The standard InChI is InChI=1S/C23H16F2N4O2/c1-29-12-18(22-16(23(29)30)6-7-26-22)17-8-13(14-10-27-28-11-14)2-4-20(17)31-21-5-3-15(24)9-19(21)25/h2-12,26H,1H3,(H,27,28). The molecule has 0 atom stereocenters. The summed E-state index contributed by atoms with van der Waals surface area (Å²) in [5, 5.41) is 7.29. The van der Waals surface area contributed by atoms with Crippen LogP contribution in [0.2, 0.25) is 0 Å². The minimum Gasteiger partial charge on any atom is -0.454 e. The minimum atomic E-state index is -0.810. The van der Waals surface area contributed by atoms with E-state index in [-0.39, 0.29) is 11.3 Å². The summed E-state index contributed by atoms with van der Waals surface area (Å²) < 4.78 is 34.9. The molecule has 6 nitrogen and oxygen atoms in total. The number of aromatic amines is 2. The van der Waals surface area contributed by atoms with Crippen LogP contribution in [0.4, 0.5) is 8.78 Å². The molecule has 5 aromatic rings. The summed E-state index contributed by atoms with van der Waals surface area (Å²) in [4.78, 5) is 15.6. The number of rotatable bonds is 4. The number of aromatic nitrogens is 4. The third-order valence-corrected chi connectivity index (χ3v) is 5.10. The number of halogens is 2. The molecule has 0 amide bonds. The number of hydrogen-bond donors (Lipinski definition) is 2. The van der Waals surface area contributed by atoms with Gasteiger partial charge >= 0.3 is 0 Å². The number of fused-ring (bicyclic) bond motifs is 1. The molecule has 154 valence electrons. The molecule has 0 radical (unpaired) electrons. The SMILES string of the molecule is Cn1cc(-c2cc(-c3cn[nH]c3)ccc2Oc2ccc(F)cc2F)c2[nH]ccc2c1=O. The summed E-state index contributed by atoms with van der Waals surface area (Å²) in [6.45, 7) is 0. The summed E-state index contributed by atoms with van der Waals surface area (Å²) in [5.74, 6) is -1.25. The van der Waals surface area contributed by atoms with Crippen molar-refractivity contribution in [2.24, 2.45) is 7.05 Å². The second-order valence-corrected chi connectivity index (χ2v) is 7.10. The van der Waals surface area contributed by atoms with Gasteiger partial charge in [-0.2, -0.15) is 5.10 Å². The Morgan fingerprint density at radius 2 is 1.84 bits per heavy atom. The predicted octanol–water partition coefficient (Wildman–Crippen LogP) is 4.99.